The molecule has 6 nitrogen and oxygen atoms in total. The molecule has 1 aromatic carbocycles. The fourth-order valence-corrected chi connectivity index (χ4v) is 2.95. The van der Waals surface area contributed by atoms with Crippen molar-refractivity contribution in [3.8, 4) is 17.1 Å². The van der Waals surface area contributed by atoms with Crippen molar-refractivity contribution in [1.29, 1.82) is 0 Å². The summed E-state index contributed by atoms with van der Waals surface area (Å²) in [5.41, 5.74) is 1.97. The number of alkyl halides is 1. The number of carbonyl (C=O) groups is 1. The fourth-order valence-electron chi connectivity index (χ4n) is 2.95. The summed E-state index contributed by atoms with van der Waals surface area (Å²) in [7, 11) is 0. The summed E-state index contributed by atoms with van der Waals surface area (Å²) < 4.78 is 25.7. The maximum absolute atomic E-state index is 13.1. The van der Waals surface area contributed by atoms with Gasteiger partial charge in [0.05, 0.1) is 12.1 Å². The van der Waals surface area contributed by atoms with Crippen LogP contribution in [0, 0.1) is 6.92 Å². The van der Waals surface area contributed by atoms with E-state index >= 15 is 0 Å². The molecule has 0 radical (unpaired) electrons. The molecule has 1 saturated heterocycles. The van der Waals surface area contributed by atoms with Crippen molar-refractivity contribution < 1.29 is 18.7 Å². The molecule has 2 aliphatic rings. The van der Waals surface area contributed by atoms with Crippen LogP contribution in [0.25, 0.3) is 11.4 Å². The largest absolute Gasteiger partial charge is 0.491 e. The Labute approximate surface area is 146 Å². The smallest absolute Gasteiger partial charge is 0.416 e. The molecule has 1 aromatic heterocycles. The average molecular weight is 347 g/mol. The van der Waals surface area contributed by atoms with Gasteiger partial charge in [-0.1, -0.05) is 19.9 Å². The Morgan fingerprint density at radius 1 is 1.32 bits per heavy atom. The third kappa shape index (κ3) is 3.06. The van der Waals surface area contributed by atoms with E-state index in [2.05, 4.69) is 4.98 Å². The minimum Gasteiger partial charge on any atom is -0.491 e. The molecule has 25 heavy (non-hydrogen) atoms. The predicted molar refractivity (Wildman–Crippen MR) is 92.8 cm³/mol. The number of halogens is 1. The Morgan fingerprint density at radius 3 is 2.88 bits per heavy atom. The highest BCUT2D eigenvalue weighted by atomic mass is 19.1. The molecule has 2 aliphatic heterocycles. The molecular formula is C18H22FN3O3. The Balaban J connectivity index is 0.000000880. The summed E-state index contributed by atoms with van der Waals surface area (Å²) in [6, 6.07) is 5.29. The van der Waals surface area contributed by atoms with Crippen LogP contribution in [0.15, 0.2) is 24.4 Å². The van der Waals surface area contributed by atoms with Gasteiger partial charge >= 0.3 is 6.09 Å². The van der Waals surface area contributed by atoms with Gasteiger partial charge in [-0.25, -0.2) is 14.2 Å². The molecule has 0 spiro atoms. The average Bonchev–Trinajstić information content (AvgIpc) is 3.16. The second kappa shape index (κ2) is 7.13. The van der Waals surface area contributed by atoms with Gasteiger partial charge in [0.25, 0.3) is 0 Å². The molecule has 1 amide bonds. The molecule has 4 rings (SSSR count). The van der Waals surface area contributed by atoms with Crippen LogP contribution < -0.4 is 9.64 Å². The number of imidazole rings is 1. The molecular weight excluding hydrogens is 325 g/mol. The minimum atomic E-state index is -0.660. The van der Waals surface area contributed by atoms with E-state index in [9.17, 15) is 9.18 Å². The number of carbonyl (C=O) groups excluding carboxylic acids is 1. The molecule has 1 unspecified atom stereocenters. The number of rotatable bonds is 2. The quantitative estimate of drug-likeness (QED) is 0.833. The van der Waals surface area contributed by atoms with Crippen LogP contribution in [-0.2, 0) is 11.3 Å². The number of benzene rings is 1. The molecule has 1 fully saturated rings. The Bertz CT molecular complexity index is 775. The number of hydrogen-bond acceptors (Lipinski definition) is 4. The van der Waals surface area contributed by atoms with Gasteiger partial charge < -0.3 is 14.0 Å². The van der Waals surface area contributed by atoms with Crippen LogP contribution in [0.4, 0.5) is 15.0 Å². The van der Waals surface area contributed by atoms with Crippen LogP contribution in [0.2, 0.25) is 0 Å². The molecule has 1 atom stereocenters. The van der Waals surface area contributed by atoms with Gasteiger partial charge in [0.15, 0.2) is 5.82 Å². The van der Waals surface area contributed by atoms with Crippen LogP contribution in [0.5, 0.6) is 5.75 Å². The second-order valence-corrected chi connectivity index (χ2v) is 5.72. The van der Waals surface area contributed by atoms with Crippen LogP contribution in [0.3, 0.4) is 0 Å². The van der Waals surface area contributed by atoms with Gasteiger partial charge in [-0.05, 0) is 24.6 Å². The zero-order valence-corrected chi connectivity index (χ0v) is 14.7. The first-order valence-corrected chi connectivity index (χ1v) is 8.50. The zero-order chi connectivity index (χ0) is 18.0. The number of anilines is 1. The highest BCUT2D eigenvalue weighted by Crippen LogP contribution is 2.35. The van der Waals surface area contributed by atoms with Gasteiger partial charge in [0.2, 0.25) is 0 Å². The Morgan fingerprint density at radius 2 is 2.12 bits per heavy atom. The van der Waals surface area contributed by atoms with E-state index < -0.39 is 18.8 Å². The lowest BCUT2D eigenvalue weighted by atomic mass is 10.1. The monoisotopic (exact) mass is 347 g/mol. The summed E-state index contributed by atoms with van der Waals surface area (Å²) in [5.74, 6) is 1.90. The maximum Gasteiger partial charge on any atom is 0.416 e. The lowest BCUT2D eigenvalue weighted by molar-refractivity contribution is 0.177. The second-order valence-electron chi connectivity index (χ2n) is 5.72. The standard InChI is InChI=1S/C16H16FN3O3.C2H6/c1-10-2-3-12-13(6-10)22-5-4-19-8-14(18-15(12)19)20-11(7-17)9-23-16(20)21;1-2/h2-3,6,8,11H,4-5,7,9H2,1H3;1-2H3. The van der Waals surface area contributed by atoms with Crippen molar-refractivity contribution in [3.05, 3.63) is 30.0 Å². The Hall–Kier alpha value is -2.57. The van der Waals surface area contributed by atoms with Gasteiger partial charge in [-0.15, -0.1) is 0 Å². The third-order valence-corrected chi connectivity index (χ3v) is 4.12. The van der Waals surface area contributed by atoms with E-state index in [1.54, 1.807) is 6.20 Å². The predicted octanol–water partition coefficient (Wildman–Crippen LogP) is 3.57. The molecule has 3 heterocycles. The summed E-state index contributed by atoms with van der Waals surface area (Å²) in [4.78, 5) is 17.7. The summed E-state index contributed by atoms with van der Waals surface area (Å²) in [6.07, 6.45) is 1.20. The molecule has 0 saturated carbocycles. The van der Waals surface area contributed by atoms with Gasteiger partial charge in [0, 0.05) is 6.20 Å². The number of ether oxygens (including phenoxy) is 2. The minimum absolute atomic E-state index is 0.0520. The van der Waals surface area contributed by atoms with Crippen molar-refractivity contribution in [2.45, 2.75) is 33.4 Å². The van der Waals surface area contributed by atoms with Crippen LogP contribution in [-0.4, -0.2) is 41.6 Å². The first-order chi connectivity index (χ1) is 12.2. The lowest BCUT2D eigenvalue weighted by Gasteiger charge is -2.15. The maximum atomic E-state index is 13.1. The van der Waals surface area contributed by atoms with Crippen molar-refractivity contribution in [2.75, 3.05) is 24.8 Å². The fraction of sp³-hybridized carbons (Fsp3) is 0.444. The van der Waals surface area contributed by atoms with E-state index in [0.29, 0.717) is 24.8 Å². The van der Waals surface area contributed by atoms with E-state index in [-0.39, 0.29) is 6.61 Å². The van der Waals surface area contributed by atoms with E-state index in [1.165, 1.54) is 4.90 Å². The van der Waals surface area contributed by atoms with Crippen molar-refractivity contribution in [1.82, 2.24) is 9.55 Å². The van der Waals surface area contributed by atoms with Crippen molar-refractivity contribution in [3.63, 3.8) is 0 Å². The molecule has 7 heteroatoms. The number of hydrogen-bond donors (Lipinski definition) is 0. The number of nitrogens with zero attached hydrogens (tertiary/aromatic N) is 3. The highest BCUT2D eigenvalue weighted by Gasteiger charge is 2.36. The topological polar surface area (TPSA) is 56.6 Å². The van der Waals surface area contributed by atoms with Gasteiger partial charge in [0.1, 0.15) is 37.5 Å². The highest BCUT2D eigenvalue weighted by molar-refractivity contribution is 5.89. The van der Waals surface area contributed by atoms with E-state index in [1.807, 2.05) is 43.5 Å². The first-order valence-electron chi connectivity index (χ1n) is 8.50. The molecule has 134 valence electrons. The van der Waals surface area contributed by atoms with Crippen LogP contribution >= 0.6 is 0 Å². The summed E-state index contributed by atoms with van der Waals surface area (Å²) in [5, 5.41) is 0. The van der Waals surface area contributed by atoms with Crippen molar-refractivity contribution >= 4 is 11.9 Å². The number of amides is 1. The number of aromatic nitrogens is 2. The summed E-state index contributed by atoms with van der Waals surface area (Å²) in [6.45, 7) is 6.51. The lowest BCUT2D eigenvalue weighted by Crippen LogP contribution is -2.35. The third-order valence-electron chi connectivity index (χ3n) is 4.12. The number of cyclic esters (lactones) is 1. The van der Waals surface area contributed by atoms with Crippen LogP contribution in [0.1, 0.15) is 19.4 Å². The molecule has 0 aliphatic carbocycles. The van der Waals surface area contributed by atoms with Gasteiger partial charge in [-0.3, -0.25) is 4.90 Å². The molecule has 0 bridgehead atoms. The molecule has 2 aromatic rings. The normalized spacial score (nSPS) is 18.3. The number of aryl methyl sites for hydroxylation is 1. The van der Waals surface area contributed by atoms with E-state index in [0.717, 1.165) is 16.9 Å². The summed E-state index contributed by atoms with van der Waals surface area (Å²) >= 11 is 0. The molecule has 0 N–H and O–H groups in total. The SMILES string of the molecule is CC.Cc1ccc2c(c1)OCCn1cc(N3C(=O)OCC3CF)nc1-2. The van der Waals surface area contributed by atoms with Gasteiger partial charge in [-0.2, -0.15) is 0 Å². The Kier molecular flexibility index (Phi) is 4.92. The first kappa shape index (κ1) is 17.3. The van der Waals surface area contributed by atoms with Crippen molar-refractivity contribution in [2.24, 2.45) is 0 Å². The van der Waals surface area contributed by atoms with E-state index in [4.69, 9.17) is 9.47 Å². The number of fused-ring (bicyclic) bond motifs is 3. The zero-order valence-electron chi connectivity index (χ0n) is 14.7.